The fourth-order valence-corrected chi connectivity index (χ4v) is 1.56. The van der Waals surface area contributed by atoms with Crippen LogP contribution in [-0.4, -0.2) is 0 Å². The molecule has 0 heterocycles. The van der Waals surface area contributed by atoms with Crippen LogP contribution in [0.3, 0.4) is 0 Å². The standard InChI is InChI=1S/C17H20/c1-5-9-15(4)17-11-8-7-10-16(17)13-12-14(3)6-2/h5-14H,2,4H2,1,3H3/b9-5-,13-12-. The van der Waals surface area contributed by atoms with Crippen LogP contribution < -0.4 is 0 Å². The molecular formula is C17H20. The van der Waals surface area contributed by atoms with E-state index >= 15 is 0 Å². The smallest absolute Gasteiger partial charge is 0.00812 e. The van der Waals surface area contributed by atoms with Crippen molar-refractivity contribution in [3.63, 3.8) is 0 Å². The Labute approximate surface area is 105 Å². The van der Waals surface area contributed by atoms with Crippen LogP contribution in [-0.2, 0) is 0 Å². The Morgan fingerprint density at radius 2 is 2.00 bits per heavy atom. The number of benzene rings is 1. The van der Waals surface area contributed by atoms with Gasteiger partial charge < -0.3 is 0 Å². The lowest BCUT2D eigenvalue weighted by atomic mass is 9.99. The summed E-state index contributed by atoms with van der Waals surface area (Å²) in [5, 5.41) is 0. The number of rotatable bonds is 5. The molecule has 0 aromatic heterocycles. The van der Waals surface area contributed by atoms with Gasteiger partial charge in [-0.3, -0.25) is 0 Å². The monoisotopic (exact) mass is 224 g/mol. The van der Waals surface area contributed by atoms with Crippen LogP contribution in [0.1, 0.15) is 25.0 Å². The van der Waals surface area contributed by atoms with Crippen LogP contribution in [0.15, 0.2) is 61.7 Å². The van der Waals surface area contributed by atoms with Gasteiger partial charge >= 0.3 is 0 Å². The van der Waals surface area contributed by atoms with Gasteiger partial charge in [0, 0.05) is 0 Å². The predicted octanol–water partition coefficient (Wildman–Crippen LogP) is 5.11. The average molecular weight is 224 g/mol. The highest BCUT2D eigenvalue weighted by Crippen LogP contribution is 2.20. The Hall–Kier alpha value is -1.82. The van der Waals surface area contributed by atoms with Crippen molar-refractivity contribution < 1.29 is 0 Å². The molecule has 0 saturated heterocycles. The van der Waals surface area contributed by atoms with E-state index in [4.69, 9.17) is 0 Å². The molecule has 0 radical (unpaired) electrons. The van der Waals surface area contributed by atoms with E-state index in [9.17, 15) is 0 Å². The van der Waals surface area contributed by atoms with Gasteiger partial charge in [-0.2, -0.15) is 0 Å². The highest BCUT2D eigenvalue weighted by molar-refractivity contribution is 5.78. The summed E-state index contributed by atoms with van der Waals surface area (Å²) >= 11 is 0. The third-order valence-electron chi connectivity index (χ3n) is 2.63. The van der Waals surface area contributed by atoms with Gasteiger partial charge in [0.1, 0.15) is 0 Å². The molecule has 0 N–H and O–H groups in total. The van der Waals surface area contributed by atoms with Crippen molar-refractivity contribution in [1.82, 2.24) is 0 Å². The zero-order valence-corrected chi connectivity index (χ0v) is 10.7. The maximum atomic E-state index is 4.08. The van der Waals surface area contributed by atoms with Crippen LogP contribution in [0.2, 0.25) is 0 Å². The normalized spacial score (nSPS) is 13.1. The van der Waals surface area contributed by atoms with Crippen molar-refractivity contribution in [3.05, 3.63) is 72.9 Å². The molecule has 0 heteroatoms. The Balaban J connectivity index is 3.03. The first-order valence-electron chi connectivity index (χ1n) is 5.90. The zero-order chi connectivity index (χ0) is 12.7. The van der Waals surface area contributed by atoms with Gasteiger partial charge in [0.25, 0.3) is 0 Å². The summed E-state index contributed by atoms with van der Waals surface area (Å²) in [6.07, 6.45) is 10.3. The second-order valence-electron chi connectivity index (χ2n) is 4.07. The van der Waals surface area contributed by atoms with Crippen LogP contribution in [0.5, 0.6) is 0 Å². The van der Waals surface area contributed by atoms with E-state index < -0.39 is 0 Å². The molecule has 1 aromatic carbocycles. The van der Waals surface area contributed by atoms with Crippen molar-refractivity contribution >= 4 is 11.6 Å². The van der Waals surface area contributed by atoms with Gasteiger partial charge in [-0.1, -0.05) is 68.1 Å². The molecule has 0 bridgehead atoms. The first kappa shape index (κ1) is 13.2. The Bertz CT molecular complexity index is 447. The molecular weight excluding hydrogens is 204 g/mol. The Morgan fingerprint density at radius 1 is 1.29 bits per heavy atom. The molecule has 0 spiro atoms. The summed E-state index contributed by atoms with van der Waals surface area (Å²) in [5.41, 5.74) is 3.42. The number of hydrogen-bond donors (Lipinski definition) is 0. The lowest BCUT2D eigenvalue weighted by molar-refractivity contribution is 0.949. The molecule has 0 nitrogen and oxygen atoms in total. The van der Waals surface area contributed by atoms with Gasteiger partial charge in [-0.15, -0.1) is 6.58 Å². The van der Waals surface area contributed by atoms with Gasteiger partial charge in [0.2, 0.25) is 0 Å². The highest BCUT2D eigenvalue weighted by atomic mass is 14.0. The summed E-state index contributed by atoms with van der Waals surface area (Å²) in [7, 11) is 0. The molecule has 0 aliphatic heterocycles. The molecule has 0 fully saturated rings. The minimum atomic E-state index is 0.387. The fourth-order valence-electron chi connectivity index (χ4n) is 1.56. The van der Waals surface area contributed by atoms with Crippen molar-refractivity contribution in [2.24, 2.45) is 5.92 Å². The van der Waals surface area contributed by atoms with E-state index in [1.54, 1.807) is 0 Å². The third-order valence-corrected chi connectivity index (χ3v) is 2.63. The largest absolute Gasteiger partial charge is 0.102 e. The summed E-state index contributed by atoms with van der Waals surface area (Å²) in [5.74, 6) is 0.387. The van der Waals surface area contributed by atoms with Gasteiger partial charge in [-0.25, -0.2) is 0 Å². The van der Waals surface area contributed by atoms with Crippen LogP contribution in [0.25, 0.3) is 11.6 Å². The zero-order valence-electron chi connectivity index (χ0n) is 10.7. The molecule has 1 unspecified atom stereocenters. The third kappa shape index (κ3) is 3.92. The number of allylic oxidation sites excluding steroid dienone is 5. The first-order valence-corrected chi connectivity index (χ1v) is 5.90. The van der Waals surface area contributed by atoms with Crippen LogP contribution in [0.4, 0.5) is 0 Å². The summed E-state index contributed by atoms with van der Waals surface area (Å²) in [6, 6.07) is 8.29. The van der Waals surface area contributed by atoms with E-state index in [1.807, 2.05) is 37.3 Å². The molecule has 0 aliphatic carbocycles. The van der Waals surface area contributed by atoms with E-state index in [0.29, 0.717) is 5.92 Å². The van der Waals surface area contributed by atoms with E-state index in [0.717, 1.165) is 5.57 Å². The molecule has 1 aromatic rings. The number of hydrogen-bond acceptors (Lipinski definition) is 0. The summed E-state index contributed by atoms with van der Waals surface area (Å²) in [6.45, 7) is 12.0. The lowest BCUT2D eigenvalue weighted by Crippen LogP contribution is -1.86. The fraction of sp³-hybridized carbons (Fsp3) is 0.176. The molecule has 88 valence electrons. The molecule has 0 aliphatic rings. The topological polar surface area (TPSA) is 0 Å². The minimum Gasteiger partial charge on any atom is -0.102 e. The van der Waals surface area contributed by atoms with Crippen LogP contribution >= 0.6 is 0 Å². The van der Waals surface area contributed by atoms with E-state index in [-0.39, 0.29) is 0 Å². The maximum absolute atomic E-state index is 4.08. The van der Waals surface area contributed by atoms with E-state index in [2.05, 4.69) is 44.4 Å². The van der Waals surface area contributed by atoms with Gasteiger partial charge in [0.15, 0.2) is 0 Å². The SMILES string of the molecule is C=CC(C)/C=C\c1ccccc1C(=C)/C=C\C. The molecule has 1 rings (SSSR count). The summed E-state index contributed by atoms with van der Waals surface area (Å²) < 4.78 is 0. The molecule has 0 saturated carbocycles. The Morgan fingerprint density at radius 3 is 2.65 bits per heavy atom. The van der Waals surface area contributed by atoms with Crippen LogP contribution in [0, 0.1) is 5.92 Å². The van der Waals surface area contributed by atoms with Crippen molar-refractivity contribution in [1.29, 1.82) is 0 Å². The van der Waals surface area contributed by atoms with Crippen molar-refractivity contribution in [2.45, 2.75) is 13.8 Å². The van der Waals surface area contributed by atoms with Gasteiger partial charge in [-0.05, 0) is 29.5 Å². The molecule has 0 amide bonds. The van der Waals surface area contributed by atoms with Crippen molar-refractivity contribution in [2.75, 3.05) is 0 Å². The van der Waals surface area contributed by atoms with E-state index in [1.165, 1.54) is 11.1 Å². The maximum Gasteiger partial charge on any atom is -0.00812 e. The lowest BCUT2D eigenvalue weighted by Gasteiger charge is -2.06. The molecule has 1 atom stereocenters. The minimum absolute atomic E-state index is 0.387. The molecule has 17 heavy (non-hydrogen) atoms. The average Bonchev–Trinajstić information content (AvgIpc) is 2.36. The second-order valence-corrected chi connectivity index (χ2v) is 4.07. The van der Waals surface area contributed by atoms with Gasteiger partial charge in [0.05, 0.1) is 0 Å². The summed E-state index contributed by atoms with van der Waals surface area (Å²) in [4.78, 5) is 0. The first-order chi connectivity index (χ1) is 8.19. The predicted molar refractivity (Wildman–Crippen MR) is 78.7 cm³/mol. The quantitative estimate of drug-likeness (QED) is 0.481. The second kappa shape index (κ2) is 6.70. The van der Waals surface area contributed by atoms with Crippen molar-refractivity contribution in [3.8, 4) is 0 Å². The highest BCUT2D eigenvalue weighted by Gasteiger charge is 2.00. The Kier molecular flexibility index (Phi) is 5.22.